The molecule has 0 spiro atoms. The minimum Gasteiger partial charge on any atom is -0.350 e. The van der Waals surface area contributed by atoms with Crippen LogP contribution in [0.4, 0.5) is 0 Å². The van der Waals surface area contributed by atoms with Gasteiger partial charge in [0.2, 0.25) is 0 Å². The predicted octanol–water partition coefficient (Wildman–Crippen LogP) is 10.6. The van der Waals surface area contributed by atoms with Gasteiger partial charge in [-0.3, -0.25) is 0 Å². The standard InChI is InChI=1S/C18H34O2.C18H32O2/c2*1-15(2)9-7-10-16(3)11-8-12-18(6)19-13-17(4,5)14-20-18/h11,15H,7-10,12-14H2,1-6H3;9,11H,7-8,10,12-14H2,1-6H3/b2*16-11-. The van der Waals surface area contributed by atoms with E-state index in [2.05, 4.69) is 101 Å². The van der Waals surface area contributed by atoms with E-state index in [1.54, 1.807) is 0 Å². The molecule has 40 heavy (non-hydrogen) atoms. The molecule has 4 heteroatoms. The Morgan fingerprint density at radius 1 is 0.600 bits per heavy atom. The van der Waals surface area contributed by atoms with Crippen LogP contribution in [0.15, 0.2) is 34.9 Å². The summed E-state index contributed by atoms with van der Waals surface area (Å²) >= 11 is 0. The van der Waals surface area contributed by atoms with Crippen molar-refractivity contribution in [1.29, 1.82) is 0 Å². The lowest BCUT2D eigenvalue weighted by molar-refractivity contribution is -0.291. The SMILES string of the molecule is C/C(=C/CCC1(C)OCC(C)(C)CO1)CCCC(C)C.CC(C)=CCC/C(C)=C\CCC1(C)OCC(C)(C)CO1. The molecule has 0 aromatic carbocycles. The molecule has 0 unspecified atom stereocenters. The summed E-state index contributed by atoms with van der Waals surface area (Å²) in [5, 5.41) is 0. The second-order valence-electron chi connectivity index (χ2n) is 15.0. The fourth-order valence-corrected chi connectivity index (χ4v) is 4.59. The monoisotopic (exact) mass is 562 g/mol. The topological polar surface area (TPSA) is 36.9 Å². The second kappa shape index (κ2) is 17.2. The molecule has 0 saturated carbocycles. The van der Waals surface area contributed by atoms with E-state index in [4.69, 9.17) is 18.9 Å². The quantitative estimate of drug-likeness (QED) is 0.209. The minimum absolute atomic E-state index is 0.148. The summed E-state index contributed by atoms with van der Waals surface area (Å²) in [6.07, 6.45) is 17.1. The van der Waals surface area contributed by atoms with Crippen LogP contribution in [0.2, 0.25) is 0 Å². The van der Waals surface area contributed by atoms with E-state index in [-0.39, 0.29) is 16.6 Å². The maximum Gasteiger partial charge on any atom is 0.165 e. The molecule has 0 amide bonds. The zero-order chi connectivity index (χ0) is 30.5. The molecule has 2 heterocycles. The van der Waals surface area contributed by atoms with Crippen molar-refractivity contribution in [1.82, 2.24) is 0 Å². The Bertz CT molecular complexity index is 791. The Morgan fingerprint density at radius 2 is 1.00 bits per heavy atom. The Labute approximate surface area is 249 Å². The molecule has 0 aromatic heterocycles. The first-order valence-electron chi connectivity index (χ1n) is 16.0. The fraction of sp³-hybridized carbons (Fsp3) is 0.833. The van der Waals surface area contributed by atoms with E-state index in [1.807, 2.05) is 0 Å². The van der Waals surface area contributed by atoms with Gasteiger partial charge in [0.1, 0.15) is 0 Å². The van der Waals surface area contributed by atoms with Crippen molar-refractivity contribution in [3.63, 3.8) is 0 Å². The van der Waals surface area contributed by atoms with Gasteiger partial charge in [0, 0.05) is 23.7 Å². The molecule has 0 N–H and O–H groups in total. The third-order valence-corrected chi connectivity index (χ3v) is 7.70. The first-order valence-corrected chi connectivity index (χ1v) is 16.0. The molecular weight excluding hydrogens is 496 g/mol. The highest BCUT2D eigenvalue weighted by Gasteiger charge is 2.37. The molecule has 0 radical (unpaired) electrons. The molecule has 234 valence electrons. The van der Waals surface area contributed by atoms with Crippen molar-refractivity contribution in [3.8, 4) is 0 Å². The van der Waals surface area contributed by atoms with Gasteiger partial charge in [0.05, 0.1) is 26.4 Å². The van der Waals surface area contributed by atoms with E-state index >= 15 is 0 Å². The smallest absolute Gasteiger partial charge is 0.165 e. The van der Waals surface area contributed by atoms with Crippen molar-refractivity contribution in [2.24, 2.45) is 16.7 Å². The highest BCUT2D eigenvalue weighted by molar-refractivity contribution is 5.02. The molecule has 2 aliphatic rings. The van der Waals surface area contributed by atoms with Crippen LogP contribution in [0.1, 0.15) is 141 Å². The van der Waals surface area contributed by atoms with Crippen LogP contribution in [-0.4, -0.2) is 38.0 Å². The van der Waals surface area contributed by atoms with Crippen LogP contribution in [0.3, 0.4) is 0 Å². The first-order chi connectivity index (χ1) is 18.4. The van der Waals surface area contributed by atoms with Crippen molar-refractivity contribution in [2.75, 3.05) is 26.4 Å². The average molecular weight is 563 g/mol. The molecule has 0 aliphatic carbocycles. The van der Waals surface area contributed by atoms with Crippen LogP contribution < -0.4 is 0 Å². The highest BCUT2D eigenvalue weighted by atomic mass is 16.7. The average Bonchev–Trinajstić information content (AvgIpc) is 2.84. The van der Waals surface area contributed by atoms with Gasteiger partial charge in [-0.1, -0.05) is 82.9 Å². The summed E-state index contributed by atoms with van der Waals surface area (Å²) in [5.74, 6) is 0.0327. The third-order valence-electron chi connectivity index (χ3n) is 7.70. The summed E-state index contributed by atoms with van der Waals surface area (Å²) in [7, 11) is 0. The van der Waals surface area contributed by atoms with Crippen LogP contribution in [0.5, 0.6) is 0 Å². The summed E-state index contributed by atoms with van der Waals surface area (Å²) in [4.78, 5) is 0. The van der Waals surface area contributed by atoms with Crippen LogP contribution in [0, 0.1) is 16.7 Å². The van der Waals surface area contributed by atoms with E-state index in [9.17, 15) is 0 Å². The van der Waals surface area contributed by atoms with Crippen LogP contribution in [-0.2, 0) is 18.9 Å². The summed E-state index contributed by atoms with van der Waals surface area (Å²) in [5.41, 5.74) is 4.67. The van der Waals surface area contributed by atoms with Gasteiger partial charge >= 0.3 is 0 Å². The molecule has 0 aromatic rings. The zero-order valence-corrected chi connectivity index (χ0v) is 28.6. The van der Waals surface area contributed by atoms with Gasteiger partial charge in [0.15, 0.2) is 11.6 Å². The number of hydrogen-bond acceptors (Lipinski definition) is 4. The number of hydrogen-bond donors (Lipinski definition) is 0. The number of allylic oxidation sites excluding steroid dienone is 6. The molecule has 4 nitrogen and oxygen atoms in total. The lowest BCUT2D eigenvalue weighted by atomic mass is 9.94. The van der Waals surface area contributed by atoms with Gasteiger partial charge in [-0.25, -0.2) is 0 Å². The zero-order valence-electron chi connectivity index (χ0n) is 28.6. The van der Waals surface area contributed by atoms with Crippen LogP contribution >= 0.6 is 0 Å². The number of ether oxygens (including phenoxy) is 4. The van der Waals surface area contributed by atoms with E-state index < -0.39 is 5.79 Å². The predicted molar refractivity (Wildman–Crippen MR) is 172 cm³/mol. The highest BCUT2D eigenvalue weighted by Crippen LogP contribution is 2.33. The summed E-state index contributed by atoms with van der Waals surface area (Å²) in [6, 6.07) is 0. The maximum absolute atomic E-state index is 5.92. The van der Waals surface area contributed by atoms with Gasteiger partial charge < -0.3 is 18.9 Å². The maximum atomic E-state index is 5.92. The molecule has 2 saturated heterocycles. The Hall–Kier alpha value is -0.940. The Morgan fingerprint density at radius 3 is 1.38 bits per heavy atom. The number of rotatable bonds is 13. The fourth-order valence-electron chi connectivity index (χ4n) is 4.59. The Balaban J connectivity index is 0.000000400. The molecule has 2 fully saturated rings. The van der Waals surface area contributed by atoms with E-state index in [0.717, 1.165) is 70.9 Å². The van der Waals surface area contributed by atoms with E-state index in [1.165, 1.54) is 36.0 Å². The molecular formula is C36H66O4. The van der Waals surface area contributed by atoms with Crippen molar-refractivity contribution >= 4 is 0 Å². The van der Waals surface area contributed by atoms with Crippen LogP contribution in [0.25, 0.3) is 0 Å². The lowest BCUT2D eigenvalue weighted by Crippen LogP contribution is -2.45. The second-order valence-corrected chi connectivity index (χ2v) is 15.0. The largest absolute Gasteiger partial charge is 0.350 e. The normalized spacial score (nSPS) is 21.9. The summed E-state index contributed by atoms with van der Waals surface area (Å²) in [6.45, 7) is 29.4. The van der Waals surface area contributed by atoms with Gasteiger partial charge in [0.25, 0.3) is 0 Å². The molecule has 0 atom stereocenters. The van der Waals surface area contributed by atoms with Gasteiger partial charge in [-0.05, 0) is 86.0 Å². The molecule has 0 bridgehead atoms. The lowest BCUT2D eigenvalue weighted by Gasteiger charge is -2.41. The molecule has 2 aliphatic heterocycles. The summed E-state index contributed by atoms with van der Waals surface area (Å²) < 4.78 is 23.7. The van der Waals surface area contributed by atoms with Gasteiger partial charge in [-0.15, -0.1) is 0 Å². The van der Waals surface area contributed by atoms with E-state index in [0.29, 0.717) is 0 Å². The van der Waals surface area contributed by atoms with Crippen molar-refractivity contribution < 1.29 is 18.9 Å². The van der Waals surface area contributed by atoms with Crippen molar-refractivity contribution in [3.05, 3.63) is 34.9 Å². The van der Waals surface area contributed by atoms with Crippen molar-refractivity contribution in [2.45, 2.75) is 152 Å². The minimum atomic E-state index is -0.397. The first kappa shape index (κ1) is 37.1. The Kier molecular flexibility index (Phi) is 16.0. The third kappa shape index (κ3) is 17.1. The molecule has 2 rings (SSSR count). The van der Waals surface area contributed by atoms with Gasteiger partial charge in [-0.2, -0.15) is 0 Å².